The fourth-order valence-electron chi connectivity index (χ4n) is 3.85. The third-order valence-electron chi connectivity index (χ3n) is 5.57. The van der Waals surface area contributed by atoms with Gasteiger partial charge < -0.3 is 15.5 Å². The molecule has 1 aromatic carbocycles. The third-order valence-corrected chi connectivity index (χ3v) is 5.57. The van der Waals surface area contributed by atoms with Crippen molar-refractivity contribution in [3.05, 3.63) is 77.9 Å². The molecule has 34 heavy (non-hydrogen) atoms. The highest BCUT2D eigenvalue weighted by Gasteiger charge is 2.39. The molecule has 178 valence electrons. The Hall–Kier alpha value is -3.89. The average molecular weight is 472 g/mol. The quantitative estimate of drug-likeness (QED) is 0.539. The summed E-state index contributed by atoms with van der Waals surface area (Å²) in [6.07, 6.45) is 0.566. The summed E-state index contributed by atoms with van der Waals surface area (Å²) in [6, 6.07) is 11.8. The summed E-state index contributed by atoms with van der Waals surface area (Å²) < 4.78 is 41.3. The molecule has 0 saturated carbocycles. The van der Waals surface area contributed by atoms with E-state index in [1.54, 1.807) is 47.6 Å². The van der Waals surface area contributed by atoms with Gasteiger partial charge in [-0.05, 0) is 30.2 Å². The van der Waals surface area contributed by atoms with Gasteiger partial charge in [-0.2, -0.15) is 18.3 Å². The van der Waals surface area contributed by atoms with E-state index in [0.717, 1.165) is 22.9 Å². The van der Waals surface area contributed by atoms with Gasteiger partial charge >= 0.3 is 12.2 Å². The zero-order chi connectivity index (χ0) is 24.1. The third kappa shape index (κ3) is 5.36. The molecular weight excluding hydrogens is 449 g/mol. The highest BCUT2D eigenvalue weighted by Crippen LogP contribution is 2.31. The molecule has 3 heterocycles. The van der Waals surface area contributed by atoms with Crippen molar-refractivity contribution >= 4 is 11.9 Å². The highest BCUT2D eigenvalue weighted by molar-refractivity contribution is 5.95. The molecule has 1 aliphatic rings. The van der Waals surface area contributed by atoms with E-state index in [1.807, 2.05) is 12.1 Å². The lowest BCUT2D eigenvalue weighted by molar-refractivity contribution is -0.141. The van der Waals surface area contributed by atoms with Crippen molar-refractivity contribution in [1.82, 2.24) is 30.3 Å². The number of carbonyl (C=O) groups excluding carboxylic acids is 2. The van der Waals surface area contributed by atoms with Crippen LogP contribution < -0.4 is 10.6 Å². The van der Waals surface area contributed by atoms with E-state index in [9.17, 15) is 22.8 Å². The van der Waals surface area contributed by atoms with E-state index < -0.39 is 23.3 Å². The zero-order valence-corrected chi connectivity index (χ0v) is 18.1. The molecular formula is C23H23F3N6O2. The van der Waals surface area contributed by atoms with E-state index in [1.165, 1.54) is 0 Å². The van der Waals surface area contributed by atoms with Crippen LogP contribution in [0.2, 0.25) is 0 Å². The van der Waals surface area contributed by atoms with Crippen molar-refractivity contribution in [2.24, 2.45) is 0 Å². The van der Waals surface area contributed by atoms with Gasteiger partial charge in [-0.3, -0.25) is 9.78 Å². The number of hydrogen-bond donors (Lipinski definition) is 2. The normalized spacial score (nSPS) is 15.9. The molecule has 1 saturated heterocycles. The number of urea groups is 1. The topological polar surface area (TPSA) is 92.2 Å². The van der Waals surface area contributed by atoms with Crippen molar-refractivity contribution in [3.8, 4) is 5.69 Å². The number of rotatable bonds is 6. The number of likely N-dealkylation sites (tertiary alicyclic amines) is 1. The Morgan fingerprint density at radius 1 is 1.06 bits per heavy atom. The fraction of sp³-hybridized carbons (Fsp3) is 0.304. The summed E-state index contributed by atoms with van der Waals surface area (Å²) in [5.74, 6) is -0.706. The second-order valence-electron chi connectivity index (χ2n) is 7.88. The van der Waals surface area contributed by atoms with Crippen LogP contribution in [0.3, 0.4) is 0 Å². The first-order valence-electron chi connectivity index (χ1n) is 10.8. The number of para-hydroxylation sites is 1. The highest BCUT2D eigenvalue weighted by atomic mass is 19.4. The molecule has 0 radical (unpaired) electrons. The Bertz CT molecular complexity index is 1130. The van der Waals surface area contributed by atoms with Crippen LogP contribution in [0.1, 0.15) is 34.0 Å². The SMILES string of the molecule is O=C(NCCNC(=O)N1CCC(c2cccnc2)C1)c1cn(-c2ccccc2)nc1C(F)(F)F. The molecule has 4 rings (SSSR count). The van der Waals surface area contributed by atoms with Crippen molar-refractivity contribution in [1.29, 1.82) is 0 Å². The Balaban J connectivity index is 1.30. The van der Waals surface area contributed by atoms with Crippen LogP contribution in [0.15, 0.2) is 61.1 Å². The number of pyridine rings is 1. The number of nitrogens with one attached hydrogen (secondary N) is 2. The van der Waals surface area contributed by atoms with Gasteiger partial charge in [0, 0.05) is 50.7 Å². The predicted octanol–water partition coefficient (Wildman–Crippen LogP) is 3.22. The maximum absolute atomic E-state index is 13.4. The molecule has 0 bridgehead atoms. The molecule has 2 aromatic heterocycles. The Morgan fingerprint density at radius 2 is 1.82 bits per heavy atom. The van der Waals surface area contributed by atoms with E-state index in [4.69, 9.17) is 0 Å². The van der Waals surface area contributed by atoms with Crippen molar-refractivity contribution < 1.29 is 22.8 Å². The first-order valence-corrected chi connectivity index (χ1v) is 10.8. The second-order valence-corrected chi connectivity index (χ2v) is 7.88. The van der Waals surface area contributed by atoms with Crippen LogP contribution in [0, 0.1) is 0 Å². The molecule has 3 aromatic rings. The zero-order valence-electron chi connectivity index (χ0n) is 18.1. The second kappa shape index (κ2) is 9.94. The maximum Gasteiger partial charge on any atom is 0.435 e. The lowest BCUT2D eigenvalue weighted by atomic mass is 10.0. The number of nitrogens with zero attached hydrogens (tertiary/aromatic N) is 4. The van der Waals surface area contributed by atoms with Crippen LogP contribution in [0.5, 0.6) is 0 Å². The molecule has 0 spiro atoms. The van der Waals surface area contributed by atoms with Gasteiger partial charge in [-0.1, -0.05) is 24.3 Å². The standard InChI is InChI=1S/C23H23F3N6O2/c24-23(25,26)20-19(15-32(30-20)18-6-2-1-3-7-18)21(33)28-10-11-29-22(34)31-12-8-17(14-31)16-5-4-9-27-13-16/h1-7,9,13,15,17H,8,10-12,14H2,(H,28,33)(H,29,34). The first-order chi connectivity index (χ1) is 16.3. The van der Waals surface area contributed by atoms with Gasteiger partial charge in [0.25, 0.3) is 5.91 Å². The Kier molecular flexibility index (Phi) is 6.80. The van der Waals surface area contributed by atoms with Crippen LogP contribution in [-0.4, -0.2) is 57.8 Å². The van der Waals surface area contributed by atoms with Crippen LogP contribution >= 0.6 is 0 Å². The van der Waals surface area contributed by atoms with Crippen LogP contribution in [0.25, 0.3) is 5.69 Å². The van der Waals surface area contributed by atoms with E-state index >= 15 is 0 Å². The fourth-order valence-corrected chi connectivity index (χ4v) is 3.85. The van der Waals surface area contributed by atoms with Gasteiger partial charge in [-0.15, -0.1) is 0 Å². The average Bonchev–Trinajstić information content (AvgIpc) is 3.51. The molecule has 8 nitrogen and oxygen atoms in total. The smallest absolute Gasteiger partial charge is 0.350 e. The largest absolute Gasteiger partial charge is 0.435 e. The number of aromatic nitrogens is 3. The van der Waals surface area contributed by atoms with E-state index in [2.05, 4.69) is 20.7 Å². The minimum Gasteiger partial charge on any atom is -0.350 e. The Labute approximate surface area is 193 Å². The molecule has 11 heteroatoms. The van der Waals surface area contributed by atoms with Gasteiger partial charge in [0.05, 0.1) is 11.3 Å². The van der Waals surface area contributed by atoms with Gasteiger partial charge in [-0.25, -0.2) is 9.48 Å². The first kappa shape index (κ1) is 23.3. The molecule has 1 atom stereocenters. The number of hydrogen-bond acceptors (Lipinski definition) is 4. The summed E-state index contributed by atoms with van der Waals surface area (Å²) in [4.78, 5) is 30.6. The number of carbonyl (C=O) groups is 2. The molecule has 2 N–H and O–H groups in total. The van der Waals surface area contributed by atoms with E-state index in [0.29, 0.717) is 18.8 Å². The number of amides is 3. The number of benzene rings is 1. The molecule has 1 aliphatic heterocycles. The predicted molar refractivity (Wildman–Crippen MR) is 117 cm³/mol. The molecule has 1 fully saturated rings. The summed E-state index contributed by atoms with van der Waals surface area (Å²) in [6.45, 7) is 1.19. The molecule has 3 amide bonds. The van der Waals surface area contributed by atoms with Gasteiger partial charge in [0.1, 0.15) is 0 Å². The number of alkyl halides is 3. The van der Waals surface area contributed by atoms with Crippen LogP contribution in [0.4, 0.5) is 18.0 Å². The number of halogens is 3. The lowest BCUT2D eigenvalue weighted by Crippen LogP contribution is -2.42. The minimum absolute atomic E-state index is 0.0295. The monoisotopic (exact) mass is 472 g/mol. The molecule has 1 unspecified atom stereocenters. The maximum atomic E-state index is 13.4. The van der Waals surface area contributed by atoms with Crippen LogP contribution in [-0.2, 0) is 6.18 Å². The van der Waals surface area contributed by atoms with Crippen molar-refractivity contribution in [2.75, 3.05) is 26.2 Å². The minimum atomic E-state index is -4.79. The van der Waals surface area contributed by atoms with Gasteiger partial charge in [0.15, 0.2) is 5.69 Å². The summed E-state index contributed by atoms with van der Waals surface area (Å²) in [5.41, 5.74) is -0.381. The van der Waals surface area contributed by atoms with Crippen molar-refractivity contribution in [2.45, 2.75) is 18.5 Å². The Morgan fingerprint density at radius 3 is 2.53 bits per heavy atom. The summed E-state index contributed by atoms with van der Waals surface area (Å²) in [7, 11) is 0. The summed E-state index contributed by atoms with van der Waals surface area (Å²) >= 11 is 0. The lowest BCUT2D eigenvalue weighted by Gasteiger charge is -2.17. The van der Waals surface area contributed by atoms with E-state index in [-0.39, 0.29) is 25.0 Å². The van der Waals surface area contributed by atoms with Crippen molar-refractivity contribution in [3.63, 3.8) is 0 Å². The van der Waals surface area contributed by atoms with Gasteiger partial charge in [0.2, 0.25) is 0 Å². The molecule has 0 aliphatic carbocycles. The summed E-state index contributed by atoms with van der Waals surface area (Å²) in [5, 5.41) is 8.68.